The molecule has 1 aromatic heterocycles. The lowest BCUT2D eigenvalue weighted by Crippen LogP contribution is -2.13. The highest BCUT2D eigenvalue weighted by Gasteiger charge is 2.13. The Morgan fingerprint density at radius 3 is 2.58 bits per heavy atom. The molecule has 130 valence electrons. The number of nitrogens with zero attached hydrogens (tertiary/aromatic N) is 1. The second kappa shape index (κ2) is 7.61. The van der Waals surface area contributed by atoms with Gasteiger partial charge in [-0.1, -0.05) is 36.4 Å². The zero-order valence-electron chi connectivity index (χ0n) is 14.5. The number of carbonyl (C=O) groups excluding carboxylic acids is 2. The molecule has 1 amide bonds. The number of amides is 1. The van der Waals surface area contributed by atoms with Crippen LogP contribution in [0.1, 0.15) is 23.0 Å². The number of ether oxygens (including phenoxy) is 1. The van der Waals surface area contributed by atoms with Crippen LogP contribution in [-0.4, -0.2) is 24.0 Å². The topological polar surface area (TPSA) is 68.3 Å². The quantitative estimate of drug-likeness (QED) is 0.571. The van der Waals surface area contributed by atoms with Crippen molar-refractivity contribution in [2.45, 2.75) is 6.92 Å². The van der Waals surface area contributed by atoms with Crippen LogP contribution in [0.25, 0.3) is 16.3 Å². The third-order valence-corrected chi connectivity index (χ3v) is 3.99. The average Bonchev–Trinajstić information content (AvgIpc) is 2.67. The number of hydrogen-bond acceptors (Lipinski definition) is 4. The molecule has 1 heterocycles. The number of para-hydroxylation sites is 1. The Balaban J connectivity index is 1.89. The summed E-state index contributed by atoms with van der Waals surface area (Å²) in [5.74, 6) is -0.842. The Morgan fingerprint density at radius 2 is 1.77 bits per heavy atom. The Hall–Kier alpha value is -3.47. The molecule has 2 aromatic carbocycles. The number of methoxy groups -OCH3 is 1. The zero-order valence-corrected chi connectivity index (χ0v) is 14.5. The Labute approximate surface area is 151 Å². The van der Waals surface area contributed by atoms with Gasteiger partial charge in [0, 0.05) is 17.7 Å². The van der Waals surface area contributed by atoms with E-state index in [0.717, 1.165) is 22.0 Å². The van der Waals surface area contributed by atoms with Gasteiger partial charge in [-0.05, 0) is 36.1 Å². The van der Waals surface area contributed by atoms with Crippen molar-refractivity contribution in [1.82, 2.24) is 4.98 Å². The molecular formula is C21H18N2O3. The van der Waals surface area contributed by atoms with E-state index < -0.39 is 5.97 Å². The number of rotatable bonds is 4. The molecular weight excluding hydrogens is 328 g/mol. The summed E-state index contributed by atoms with van der Waals surface area (Å²) in [5.41, 5.74) is 2.19. The lowest BCUT2D eigenvalue weighted by atomic mass is 10.0. The molecule has 0 aliphatic rings. The second-order valence-corrected chi connectivity index (χ2v) is 5.73. The zero-order chi connectivity index (χ0) is 18.5. The van der Waals surface area contributed by atoms with Crippen molar-refractivity contribution in [3.8, 4) is 0 Å². The van der Waals surface area contributed by atoms with Crippen LogP contribution in [-0.2, 0) is 9.53 Å². The monoisotopic (exact) mass is 346 g/mol. The van der Waals surface area contributed by atoms with Crippen molar-refractivity contribution in [3.63, 3.8) is 0 Å². The first-order valence-corrected chi connectivity index (χ1v) is 8.11. The van der Waals surface area contributed by atoms with E-state index in [0.29, 0.717) is 11.3 Å². The number of esters is 1. The molecule has 0 spiro atoms. The molecule has 3 aromatic rings. The minimum absolute atomic E-state index is 0.303. The maximum atomic E-state index is 12.4. The molecule has 26 heavy (non-hydrogen) atoms. The number of pyridine rings is 1. The summed E-state index contributed by atoms with van der Waals surface area (Å²) < 4.78 is 4.74. The summed E-state index contributed by atoms with van der Waals surface area (Å²) in [6, 6.07) is 16.5. The van der Waals surface area contributed by atoms with Crippen molar-refractivity contribution in [2.24, 2.45) is 0 Å². The number of fused-ring (bicyclic) bond motifs is 1. The van der Waals surface area contributed by atoms with Gasteiger partial charge in [0.15, 0.2) is 0 Å². The van der Waals surface area contributed by atoms with Crippen LogP contribution in [0.15, 0.2) is 66.9 Å². The molecule has 0 bridgehead atoms. The minimum atomic E-state index is -0.502. The highest BCUT2D eigenvalue weighted by molar-refractivity contribution is 6.08. The lowest BCUT2D eigenvalue weighted by Gasteiger charge is -2.09. The van der Waals surface area contributed by atoms with Gasteiger partial charge in [-0.2, -0.15) is 0 Å². The van der Waals surface area contributed by atoms with E-state index in [2.05, 4.69) is 10.3 Å². The average molecular weight is 346 g/mol. The fourth-order valence-electron chi connectivity index (χ4n) is 2.75. The Morgan fingerprint density at radius 1 is 1.04 bits per heavy atom. The van der Waals surface area contributed by atoms with Gasteiger partial charge in [-0.15, -0.1) is 0 Å². The molecule has 0 saturated heterocycles. The van der Waals surface area contributed by atoms with Crippen LogP contribution in [0.5, 0.6) is 0 Å². The van der Waals surface area contributed by atoms with Gasteiger partial charge in [0.1, 0.15) is 0 Å². The number of hydrogen-bond donors (Lipinski definition) is 1. The number of allylic oxidation sites excluding steroid dienone is 1. The first-order valence-electron chi connectivity index (χ1n) is 8.11. The summed E-state index contributed by atoms with van der Waals surface area (Å²) in [4.78, 5) is 28.6. The molecule has 0 atom stereocenters. The molecule has 1 N–H and O–H groups in total. The summed E-state index contributed by atoms with van der Waals surface area (Å²) >= 11 is 0. The second-order valence-electron chi connectivity index (χ2n) is 5.73. The van der Waals surface area contributed by atoms with Crippen LogP contribution in [0.3, 0.4) is 0 Å². The van der Waals surface area contributed by atoms with Crippen LogP contribution in [0, 0.1) is 0 Å². The predicted molar refractivity (Wildman–Crippen MR) is 102 cm³/mol. The van der Waals surface area contributed by atoms with Crippen molar-refractivity contribution in [3.05, 3.63) is 78.1 Å². The highest BCUT2D eigenvalue weighted by Crippen LogP contribution is 2.23. The van der Waals surface area contributed by atoms with Gasteiger partial charge in [0.25, 0.3) is 0 Å². The maximum Gasteiger partial charge on any atom is 0.339 e. The minimum Gasteiger partial charge on any atom is -0.465 e. The Bertz CT molecular complexity index is 1000. The van der Waals surface area contributed by atoms with Crippen molar-refractivity contribution < 1.29 is 14.3 Å². The van der Waals surface area contributed by atoms with Crippen LogP contribution in [0.2, 0.25) is 0 Å². The predicted octanol–water partition coefficient (Wildman–Crippen LogP) is 4.06. The van der Waals surface area contributed by atoms with Gasteiger partial charge in [0.05, 0.1) is 24.1 Å². The van der Waals surface area contributed by atoms with E-state index in [1.165, 1.54) is 13.2 Å². The van der Waals surface area contributed by atoms with Gasteiger partial charge >= 0.3 is 5.97 Å². The van der Waals surface area contributed by atoms with E-state index >= 15 is 0 Å². The molecule has 0 aliphatic carbocycles. The van der Waals surface area contributed by atoms with Gasteiger partial charge in [0.2, 0.25) is 5.91 Å². The van der Waals surface area contributed by atoms with Crippen LogP contribution in [0.4, 0.5) is 5.69 Å². The highest BCUT2D eigenvalue weighted by atomic mass is 16.5. The first-order chi connectivity index (χ1) is 12.6. The standard InChI is InChI=1S/C21H18N2O3/c1-14(20-16-8-4-3-7-15(16)11-12-22-20)13-19(24)23-18-10-6-5-9-17(18)21(25)26-2/h3-13H,1-2H3,(H,23,24). The third kappa shape index (κ3) is 3.62. The number of anilines is 1. The lowest BCUT2D eigenvalue weighted by molar-refractivity contribution is -0.111. The largest absolute Gasteiger partial charge is 0.465 e. The number of benzene rings is 2. The van der Waals surface area contributed by atoms with E-state index in [4.69, 9.17) is 4.74 Å². The molecule has 0 radical (unpaired) electrons. The van der Waals surface area contributed by atoms with E-state index in [1.54, 1.807) is 30.5 Å². The molecule has 0 unspecified atom stereocenters. The van der Waals surface area contributed by atoms with E-state index in [1.807, 2.05) is 37.3 Å². The summed E-state index contributed by atoms with van der Waals surface area (Å²) in [7, 11) is 1.30. The summed E-state index contributed by atoms with van der Waals surface area (Å²) in [6.45, 7) is 1.83. The van der Waals surface area contributed by atoms with Crippen LogP contribution >= 0.6 is 0 Å². The van der Waals surface area contributed by atoms with Gasteiger partial charge in [-0.25, -0.2) is 4.79 Å². The first kappa shape index (κ1) is 17.4. The van der Waals surface area contributed by atoms with Crippen molar-refractivity contribution in [2.75, 3.05) is 12.4 Å². The Kier molecular flexibility index (Phi) is 5.08. The summed E-state index contributed by atoms with van der Waals surface area (Å²) in [6.07, 6.45) is 3.20. The fraction of sp³-hybridized carbons (Fsp3) is 0.0952. The van der Waals surface area contributed by atoms with Gasteiger partial charge < -0.3 is 10.1 Å². The maximum absolute atomic E-state index is 12.4. The summed E-state index contributed by atoms with van der Waals surface area (Å²) in [5, 5.41) is 4.77. The van der Waals surface area contributed by atoms with Crippen molar-refractivity contribution >= 4 is 33.9 Å². The third-order valence-electron chi connectivity index (χ3n) is 3.99. The molecule has 0 fully saturated rings. The van der Waals surface area contributed by atoms with Crippen molar-refractivity contribution in [1.29, 1.82) is 0 Å². The molecule has 3 rings (SSSR count). The fourth-order valence-corrected chi connectivity index (χ4v) is 2.75. The smallest absolute Gasteiger partial charge is 0.339 e. The SMILES string of the molecule is COC(=O)c1ccccc1NC(=O)C=C(C)c1nccc2ccccc12. The molecule has 0 aliphatic heterocycles. The number of carbonyl (C=O) groups is 2. The number of aromatic nitrogens is 1. The normalized spacial score (nSPS) is 11.2. The molecule has 0 saturated carbocycles. The molecule has 5 heteroatoms. The van der Waals surface area contributed by atoms with Crippen LogP contribution < -0.4 is 5.32 Å². The number of nitrogens with one attached hydrogen (secondary N) is 1. The van der Waals surface area contributed by atoms with E-state index in [-0.39, 0.29) is 5.91 Å². The molecule has 5 nitrogen and oxygen atoms in total. The van der Waals surface area contributed by atoms with Gasteiger partial charge in [-0.3, -0.25) is 9.78 Å². The van der Waals surface area contributed by atoms with E-state index in [9.17, 15) is 9.59 Å².